The van der Waals surface area contributed by atoms with Crippen molar-refractivity contribution >= 4 is 29.6 Å². The number of halogens is 1. The Balaban J connectivity index is 1.90. The van der Waals surface area contributed by atoms with E-state index in [2.05, 4.69) is 5.32 Å². The van der Waals surface area contributed by atoms with Crippen molar-refractivity contribution in [2.45, 2.75) is 13.5 Å². The SMILES string of the molecule is COc1cc(C)c(/C=C2\NC(=O)N(Cc3ccccc3Cl)C2=O)cc1OC. The van der Waals surface area contributed by atoms with Crippen LogP contribution in [0.4, 0.5) is 4.79 Å². The summed E-state index contributed by atoms with van der Waals surface area (Å²) in [6.07, 6.45) is 1.63. The Morgan fingerprint density at radius 2 is 1.78 bits per heavy atom. The van der Waals surface area contributed by atoms with Crippen LogP contribution < -0.4 is 14.8 Å². The molecule has 27 heavy (non-hydrogen) atoms. The average Bonchev–Trinajstić information content (AvgIpc) is 2.92. The van der Waals surface area contributed by atoms with Crippen LogP contribution in [0, 0.1) is 6.92 Å². The number of imide groups is 1. The third kappa shape index (κ3) is 3.75. The Kier molecular flexibility index (Phi) is 5.37. The lowest BCUT2D eigenvalue weighted by atomic mass is 10.1. The minimum Gasteiger partial charge on any atom is -0.493 e. The minimum atomic E-state index is -0.482. The molecule has 0 saturated carbocycles. The Morgan fingerprint density at radius 1 is 1.11 bits per heavy atom. The highest BCUT2D eigenvalue weighted by Crippen LogP contribution is 2.31. The molecule has 6 nitrogen and oxygen atoms in total. The summed E-state index contributed by atoms with van der Waals surface area (Å²) in [4.78, 5) is 26.1. The van der Waals surface area contributed by atoms with E-state index in [1.54, 1.807) is 37.5 Å². The van der Waals surface area contributed by atoms with E-state index in [9.17, 15) is 9.59 Å². The number of hydrogen-bond donors (Lipinski definition) is 1. The van der Waals surface area contributed by atoms with Gasteiger partial charge in [0.15, 0.2) is 11.5 Å². The molecule has 0 bridgehead atoms. The van der Waals surface area contributed by atoms with Crippen molar-refractivity contribution in [3.8, 4) is 11.5 Å². The highest BCUT2D eigenvalue weighted by atomic mass is 35.5. The van der Waals surface area contributed by atoms with E-state index in [0.29, 0.717) is 22.1 Å². The standard InChI is InChI=1S/C20H19ClN2O4/c1-12-8-17(26-2)18(27-3)10-14(12)9-16-19(24)23(20(25)22-16)11-13-6-4-5-7-15(13)21/h4-10H,11H2,1-3H3,(H,22,25)/b16-9-. The zero-order valence-corrected chi connectivity index (χ0v) is 16.0. The van der Waals surface area contributed by atoms with Crippen LogP contribution in [0.25, 0.3) is 6.08 Å². The van der Waals surface area contributed by atoms with Gasteiger partial charge >= 0.3 is 6.03 Å². The first-order valence-corrected chi connectivity index (χ1v) is 8.63. The minimum absolute atomic E-state index is 0.104. The fraction of sp³-hybridized carbons (Fsp3) is 0.200. The number of carbonyl (C=O) groups excluding carboxylic acids is 2. The van der Waals surface area contributed by atoms with Gasteiger partial charge < -0.3 is 14.8 Å². The summed E-state index contributed by atoms with van der Waals surface area (Å²) >= 11 is 6.14. The maximum absolute atomic E-state index is 12.7. The molecule has 2 aromatic rings. The normalized spacial score (nSPS) is 15.3. The molecule has 140 valence electrons. The van der Waals surface area contributed by atoms with Crippen molar-refractivity contribution in [2.75, 3.05) is 14.2 Å². The van der Waals surface area contributed by atoms with Gasteiger partial charge in [0.2, 0.25) is 0 Å². The fourth-order valence-electron chi connectivity index (χ4n) is 2.82. The van der Waals surface area contributed by atoms with Crippen LogP contribution in [0.15, 0.2) is 42.1 Å². The number of aryl methyl sites for hydroxylation is 1. The van der Waals surface area contributed by atoms with Crippen molar-refractivity contribution in [3.05, 3.63) is 63.8 Å². The predicted octanol–water partition coefficient (Wildman–Crippen LogP) is 3.76. The van der Waals surface area contributed by atoms with Crippen molar-refractivity contribution in [3.63, 3.8) is 0 Å². The summed E-state index contributed by atoms with van der Waals surface area (Å²) in [5.74, 6) is 0.730. The van der Waals surface area contributed by atoms with E-state index in [4.69, 9.17) is 21.1 Å². The molecule has 1 aliphatic rings. The molecule has 1 aliphatic heterocycles. The smallest absolute Gasteiger partial charge is 0.329 e. The van der Waals surface area contributed by atoms with Crippen molar-refractivity contribution in [1.29, 1.82) is 0 Å². The van der Waals surface area contributed by atoms with E-state index in [1.807, 2.05) is 19.1 Å². The quantitative estimate of drug-likeness (QED) is 0.627. The van der Waals surface area contributed by atoms with E-state index < -0.39 is 11.9 Å². The maximum Gasteiger partial charge on any atom is 0.329 e. The van der Waals surface area contributed by atoms with E-state index >= 15 is 0 Å². The van der Waals surface area contributed by atoms with Gasteiger partial charge in [0, 0.05) is 5.02 Å². The summed E-state index contributed by atoms with van der Waals surface area (Å²) in [7, 11) is 3.10. The molecular formula is C20H19ClN2O4. The second-order valence-electron chi connectivity index (χ2n) is 6.03. The molecule has 3 rings (SSSR count). The number of nitrogens with zero attached hydrogens (tertiary/aromatic N) is 1. The summed E-state index contributed by atoms with van der Waals surface area (Å²) in [5.41, 5.74) is 2.52. The lowest BCUT2D eigenvalue weighted by molar-refractivity contribution is -0.123. The van der Waals surface area contributed by atoms with E-state index in [-0.39, 0.29) is 12.2 Å². The highest BCUT2D eigenvalue weighted by Gasteiger charge is 2.34. The number of benzene rings is 2. The molecule has 1 fully saturated rings. The summed E-state index contributed by atoms with van der Waals surface area (Å²) < 4.78 is 10.6. The monoisotopic (exact) mass is 386 g/mol. The molecular weight excluding hydrogens is 368 g/mol. The van der Waals surface area contributed by atoms with Gasteiger partial charge in [-0.3, -0.25) is 9.69 Å². The van der Waals surface area contributed by atoms with Crippen LogP contribution in [-0.4, -0.2) is 31.1 Å². The second kappa shape index (κ2) is 7.72. The van der Waals surface area contributed by atoms with Gasteiger partial charge in [0.05, 0.1) is 20.8 Å². The van der Waals surface area contributed by atoms with Crippen LogP contribution in [0.3, 0.4) is 0 Å². The number of hydrogen-bond acceptors (Lipinski definition) is 4. The average molecular weight is 387 g/mol. The van der Waals surface area contributed by atoms with Gasteiger partial charge in [-0.1, -0.05) is 29.8 Å². The largest absolute Gasteiger partial charge is 0.493 e. The number of amides is 3. The fourth-order valence-corrected chi connectivity index (χ4v) is 3.02. The molecule has 1 saturated heterocycles. The molecule has 1 heterocycles. The molecule has 0 aliphatic carbocycles. The second-order valence-corrected chi connectivity index (χ2v) is 6.44. The van der Waals surface area contributed by atoms with Gasteiger partial charge in [0.1, 0.15) is 5.70 Å². The van der Waals surface area contributed by atoms with Crippen LogP contribution in [0.1, 0.15) is 16.7 Å². The summed E-state index contributed by atoms with van der Waals surface area (Å²) in [6, 6.07) is 10.2. The lowest BCUT2D eigenvalue weighted by Crippen LogP contribution is -2.30. The maximum atomic E-state index is 12.7. The number of urea groups is 1. The number of rotatable bonds is 5. The van der Waals surface area contributed by atoms with E-state index in [1.165, 1.54) is 7.11 Å². The van der Waals surface area contributed by atoms with Gasteiger partial charge in [-0.05, 0) is 47.9 Å². The lowest BCUT2D eigenvalue weighted by Gasteiger charge is -2.13. The molecule has 0 aromatic heterocycles. The Bertz CT molecular complexity index is 940. The molecule has 7 heteroatoms. The first-order chi connectivity index (χ1) is 12.9. The van der Waals surface area contributed by atoms with Crippen molar-refractivity contribution in [2.24, 2.45) is 0 Å². The third-order valence-corrected chi connectivity index (χ3v) is 4.69. The third-order valence-electron chi connectivity index (χ3n) is 4.32. The molecule has 0 atom stereocenters. The van der Waals surface area contributed by atoms with Gasteiger partial charge in [-0.25, -0.2) is 4.79 Å². The predicted molar refractivity (Wildman–Crippen MR) is 103 cm³/mol. The molecule has 0 spiro atoms. The Morgan fingerprint density at radius 3 is 2.44 bits per heavy atom. The van der Waals surface area contributed by atoms with Crippen molar-refractivity contribution in [1.82, 2.24) is 10.2 Å². The van der Waals surface area contributed by atoms with Crippen LogP contribution in [-0.2, 0) is 11.3 Å². The Labute approximate surface area is 162 Å². The molecule has 2 aromatic carbocycles. The number of nitrogens with one attached hydrogen (secondary N) is 1. The number of ether oxygens (including phenoxy) is 2. The highest BCUT2D eigenvalue weighted by molar-refractivity contribution is 6.31. The zero-order chi connectivity index (χ0) is 19.6. The summed E-state index contributed by atoms with van der Waals surface area (Å²) in [5, 5.41) is 3.12. The van der Waals surface area contributed by atoms with Gasteiger partial charge in [0.25, 0.3) is 5.91 Å². The zero-order valence-electron chi connectivity index (χ0n) is 15.2. The first kappa shape index (κ1) is 18.8. The van der Waals surface area contributed by atoms with Crippen LogP contribution in [0.2, 0.25) is 5.02 Å². The van der Waals surface area contributed by atoms with Crippen molar-refractivity contribution < 1.29 is 19.1 Å². The van der Waals surface area contributed by atoms with Gasteiger partial charge in [-0.15, -0.1) is 0 Å². The molecule has 3 amide bonds. The van der Waals surface area contributed by atoms with Crippen LogP contribution >= 0.6 is 11.6 Å². The summed E-state index contributed by atoms with van der Waals surface area (Å²) in [6.45, 7) is 1.99. The first-order valence-electron chi connectivity index (χ1n) is 8.25. The van der Waals surface area contributed by atoms with E-state index in [0.717, 1.165) is 16.0 Å². The number of carbonyl (C=O) groups is 2. The number of methoxy groups -OCH3 is 2. The topological polar surface area (TPSA) is 67.9 Å². The van der Waals surface area contributed by atoms with Crippen LogP contribution in [0.5, 0.6) is 11.5 Å². The van der Waals surface area contributed by atoms with Gasteiger partial charge in [-0.2, -0.15) is 0 Å². The molecule has 0 radical (unpaired) electrons. The molecule has 1 N–H and O–H groups in total. The molecule has 0 unspecified atom stereocenters. The Hall–Kier alpha value is -2.99.